The molecular weight excluding hydrogens is 276 g/mol. The largest absolute Gasteiger partial charge is 0.395 e. The van der Waals surface area contributed by atoms with Gasteiger partial charge in [-0.05, 0) is 23.6 Å². The van der Waals surface area contributed by atoms with E-state index in [1.807, 2.05) is 24.3 Å². The minimum Gasteiger partial charge on any atom is -0.395 e. The molecule has 0 atom stereocenters. The Kier molecular flexibility index (Phi) is 4.25. The molecule has 2 aromatic rings. The first-order valence-corrected chi connectivity index (χ1v) is 8.08. The van der Waals surface area contributed by atoms with Gasteiger partial charge in [-0.25, -0.2) is 13.4 Å². The molecule has 0 aliphatic heterocycles. The second-order valence-electron chi connectivity index (χ2n) is 4.87. The van der Waals surface area contributed by atoms with Crippen molar-refractivity contribution < 1.29 is 13.5 Å². The van der Waals surface area contributed by atoms with Gasteiger partial charge >= 0.3 is 0 Å². The van der Waals surface area contributed by atoms with Crippen molar-refractivity contribution in [1.29, 1.82) is 0 Å². The van der Waals surface area contributed by atoms with Gasteiger partial charge in [-0.2, -0.15) is 0 Å². The summed E-state index contributed by atoms with van der Waals surface area (Å²) in [7, 11) is -3.57. The zero-order valence-electron chi connectivity index (χ0n) is 11.5. The van der Waals surface area contributed by atoms with Gasteiger partial charge in [-0.1, -0.05) is 26.0 Å². The lowest BCUT2D eigenvalue weighted by atomic mass is 10.0. The van der Waals surface area contributed by atoms with Crippen LogP contribution in [0.25, 0.3) is 5.69 Å². The van der Waals surface area contributed by atoms with Crippen molar-refractivity contribution in [3.05, 3.63) is 42.2 Å². The summed E-state index contributed by atoms with van der Waals surface area (Å²) < 4.78 is 25.6. The van der Waals surface area contributed by atoms with E-state index in [4.69, 9.17) is 5.11 Å². The molecule has 1 N–H and O–H groups in total. The Morgan fingerprint density at radius 2 is 1.90 bits per heavy atom. The third kappa shape index (κ3) is 2.91. The normalized spacial score (nSPS) is 12.0. The van der Waals surface area contributed by atoms with Crippen LogP contribution in [-0.2, 0) is 9.84 Å². The smallest absolute Gasteiger partial charge is 0.232 e. The van der Waals surface area contributed by atoms with Gasteiger partial charge in [-0.3, -0.25) is 4.57 Å². The highest BCUT2D eigenvalue weighted by Gasteiger charge is 2.20. The molecule has 0 unspecified atom stereocenters. The molecule has 108 valence electrons. The van der Waals surface area contributed by atoms with Crippen LogP contribution in [0.15, 0.2) is 41.8 Å². The van der Waals surface area contributed by atoms with Gasteiger partial charge in [0.25, 0.3) is 0 Å². The maximum Gasteiger partial charge on any atom is 0.232 e. The first kappa shape index (κ1) is 14.7. The second kappa shape index (κ2) is 5.76. The highest BCUT2D eigenvalue weighted by molar-refractivity contribution is 7.91. The fraction of sp³-hybridized carbons (Fsp3) is 0.357. The summed E-state index contributed by atoms with van der Waals surface area (Å²) in [5.41, 5.74) is 1.93. The molecule has 0 bridgehead atoms. The number of hydrogen-bond donors (Lipinski definition) is 1. The van der Waals surface area contributed by atoms with Gasteiger partial charge in [0, 0.05) is 18.1 Å². The fourth-order valence-corrected chi connectivity index (χ4v) is 3.06. The van der Waals surface area contributed by atoms with Crippen LogP contribution in [0.2, 0.25) is 0 Å². The van der Waals surface area contributed by atoms with Crippen molar-refractivity contribution in [1.82, 2.24) is 9.55 Å². The molecule has 0 aliphatic rings. The lowest BCUT2D eigenvalue weighted by molar-refractivity contribution is 0.319. The zero-order chi connectivity index (χ0) is 14.8. The predicted molar refractivity (Wildman–Crippen MR) is 76.8 cm³/mol. The zero-order valence-corrected chi connectivity index (χ0v) is 12.3. The van der Waals surface area contributed by atoms with Gasteiger partial charge in [0.1, 0.15) is 0 Å². The monoisotopic (exact) mass is 294 g/mol. The molecule has 0 amide bonds. The molecular formula is C14H18N2O3S. The lowest BCUT2D eigenvalue weighted by Crippen LogP contribution is -2.15. The maximum absolute atomic E-state index is 12.0. The molecule has 0 saturated carbocycles. The van der Waals surface area contributed by atoms with Gasteiger partial charge in [-0.15, -0.1) is 0 Å². The van der Waals surface area contributed by atoms with Crippen LogP contribution < -0.4 is 0 Å². The van der Waals surface area contributed by atoms with E-state index in [1.165, 1.54) is 16.3 Å². The first-order chi connectivity index (χ1) is 9.45. The number of nitrogens with zero attached hydrogens (tertiary/aromatic N) is 2. The topological polar surface area (TPSA) is 72.2 Å². The molecule has 0 radical (unpaired) electrons. The minimum atomic E-state index is -3.57. The van der Waals surface area contributed by atoms with Crippen LogP contribution in [0.1, 0.15) is 25.3 Å². The van der Waals surface area contributed by atoms with E-state index in [2.05, 4.69) is 18.8 Å². The average molecular weight is 294 g/mol. The lowest BCUT2D eigenvalue weighted by Gasteiger charge is -2.10. The second-order valence-corrected chi connectivity index (χ2v) is 6.87. The molecule has 0 spiro atoms. The molecule has 2 rings (SSSR count). The van der Waals surface area contributed by atoms with Crippen LogP contribution in [0.3, 0.4) is 0 Å². The van der Waals surface area contributed by atoms with Crippen molar-refractivity contribution in [2.45, 2.75) is 24.9 Å². The third-order valence-corrected chi connectivity index (χ3v) is 4.66. The number of rotatable bonds is 5. The maximum atomic E-state index is 12.0. The van der Waals surface area contributed by atoms with E-state index < -0.39 is 16.4 Å². The molecule has 1 aromatic heterocycles. The highest BCUT2D eigenvalue weighted by Crippen LogP contribution is 2.19. The molecule has 20 heavy (non-hydrogen) atoms. The van der Waals surface area contributed by atoms with E-state index in [1.54, 1.807) is 6.20 Å². The number of benzene rings is 1. The minimum absolute atomic E-state index is 0.0381. The Morgan fingerprint density at radius 1 is 1.25 bits per heavy atom. The molecule has 1 heterocycles. The molecule has 6 heteroatoms. The van der Waals surface area contributed by atoms with Crippen molar-refractivity contribution in [2.24, 2.45) is 0 Å². The SMILES string of the molecule is CC(C)c1ccc(-n2ccnc2S(=O)(=O)CCO)cc1. The Morgan fingerprint density at radius 3 is 2.45 bits per heavy atom. The molecule has 0 fully saturated rings. The Labute approximate surface area is 118 Å². The predicted octanol–water partition coefficient (Wildman–Crippen LogP) is 1.76. The summed E-state index contributed by atoms with van der Waals surface area (Å²) in [6, 6.07) is 7.69. The number of aromatic nitrogens is 2. The third-order valence-electron chi connectivity index (χ3n) is 3.08. The summed E-state index contributed by atoms with van der Waals surface area (Å²) in [6.07, 6.45) is 3.05. The van der Waals surface area contributed by atoms with Crippen LogP contribution in [-0.4, -0.2) is 35.4 Å². The summed E-state index contributed by atoms with van der Waals surface area (Å²) in [5.74, 6) is 0.0955. The summed E-state index contributed by atoms with van der Waals surface area (Å²) in [5, 5.41) is 8.81. The number of sulfone groups is 1. The number of aliphatic hydroxyl groups is 1. The number of imidazole rings is 1. The van der Waals surface area contributed by atoms with Gasteiger partial charge in [0.2, 0.25) is 15.0 Å². The van der Waals surface area contributed by atoms with Crippen molar-refractivity contribution in [3.63, 3.8) is 0 Å². The molecule has 0 saturated heterocycles. The van der Waals surface area contributed by atoms with Crippen LogP contribution >= 0.6 is 0 Å². The van der Waals surface area contributed by atoms with E-state index in [0.29, 0.717) is 5.92 Å². The van der Waals surface area contributed by atoms with Gasteiger partial charge < -0.3 is 5.11 Å². The highest BCUT2D eigenvalue weighted by atomic mass is 32.2. The Hall–Kier alpha value is -1.66. The molecule has 0 aliphatic carbocycles. The Balaban J connectivity index is 2.42. The van der Waals surface area contributed by atoms with Gasteiger partial charge in [0.05, 0.1) is 12.4 Å². The van der Waals surface area contributed by atoms with E-state index in [9.17, 15) is 8.42 Å². The van der Waals surface area contributed by atoms with Crippen molar-refractivity contribution in [2.75, 3.05) is 12.4 Å². The van der Waals surface area contributed by atoms with Crippen molar-refractivity contribution >= 4 is 9.84 Å². The fourth-order valence-electron chi connectivity index (χ4n) is 1.95. The van der Waals surface area contributed by atoms with E-state index in [-0.39, 0.29) is 10.9 Å². The van der Waals surface area contributed by atoms with E-state index in [0.717, 1.165) is 5.69 Å². The quantitative estimate of drug-likeness (QED) is 0.912. The average Bonchev–Trinajstić information content (AvgIpc) is 2.88. The standard InChI is InChI=1S/C14H18N2O3S/c1-11(2)12-3-5-13(6-4-12)16-8-7-15-14(16)20(18,19)10-9-17/h3-8,11,17H,9-10H2,1-2H3. The summed E-state index contributed by atoms with van der Waals surface area (Å²) >= 11 is 0. The van der Waals surface area contributed by atoms with Crippen molar-refractivity contribution in [3.8, 4) is 5.69 Å². The molecule has 1 aromatic carbocycles. The molecule has 5 nitrogen and oxygen atoms in total. The first-order valence-electron chi connectivity index (χ1n) is 6.43. The number of hydrogen-bond acceptors (Lipinski definition) is 4. The summed E-state index contributed by atoms with van der Waals surface area (Å²) in [6.45, 7) is 3.79. The van der Waals surface area contributed by atoms with Crippen LogP contribution in [0.4, 0.5) is 0 Å². The Bertz CT molecular complexity index is 673. The number of aliphatic hydroxyl groups excluding tert-OH is 1. The summed E-state index contributed by atoms with van der Waals surface area (Å²) in [4.78, 5) is 3.90. The van der Waals surface area contributed by atoms with Gasteiger partial charge in [0.15, 0.2) is 0 Å². The van der Waals surface area contributed by atoms with Crippen LogP contribution in [0, 0.1) is 0 Å². The van der Waals surface area contributed by atoms with Crippen LogP contribution in [0.5, 0.6) is 0 Å². The van der Waals surface area contributed by atoms with E-state index >= 15 is 0 Å².